The van der Waals surface area contributed by atoms with Gasteiger partial charge in [0.2, 0.25) is 0 Å². The molecule has 1 unspecified atom stereocenters. The van der Waals surface area contributed by atoms with E-state index in [4.69, 9.17) is 5.73 Å². The van der Waals surface area contributed by atoms with Gasteiger partial charge in [0, 0.05) is 38.8 Å². The van der Waals surface area contributed by atoms with Crippen molar-refractivity contribution in [3.63, 3.8) is 0 Å². The van der Waals surface area contributed by atoms with E-state index in [0.717, 1.165) is 32.7 Å². The molecule has 1 atom stereocenters. The van der Waals surface area contributed by atoms with E-state index in [1.165, 1.54) is 16.7 Å². The van der Waals surface area contributed by atoms with Gasteiger partial charge < -0.3 is 10.6 Å². The minimum absolute atomic E-state index is 0.131. The largest absolute Gasteiger partial charge is 0.323 e. The van der Waals surface area contributed by atoms with Crippen molar-refractivity contribution in [2.24, 2.45) is 5.73 Å². The molecule has 1 aromatic carbocycles. The van der Waals surface area contributed by atoms with Crippen molar-refractivity contribution in [3.05, 3.63) is 34.9 Å². The average molecular weight is 247 g/mol. The van der Waals surface area contributed by atoms with Gasteiger partial charge in [-0.05, 0) is 26.5 Å². The number of likely N-dealkylation sites (N-methyl/N-ethyl adjacent to an activating group) is 1. The third-order valence-electron chi connectivity index (χ3n) is 3.72. The number of aryl methyl sites for hydroxylation is 2. The van der Waals surface area contributed by atoms with E-state index < -0.39 is 0 Å². The maximum Gasteiger partial charge on any atom is 0.0424 e. The standard InChI is InChI=1S/C15H25N3/c1-12-8-13(2)10-14(9-12)15(16)11-18-6-4-17(3)5-7-18/h8-10,15H,4-7,11,16H2,1-3H3. The van der Waals surface area contributed by atoms with Crippen LogP contribution in [0.1, 0.15) is 22.7 Å². The minimum Gasteiger partial charge on any atom is -0.323 e. The predicted molar refractivity (Wildman–Crippen MR) is 76.8 cm³/mol. The van der Waals surface area contributed by atoms with Crippen LogP contribution in [-0.4, -0.2) is 49.6 Å². The molecule has 0 aliphatic carbocycles. The van der Waals surface area contributed by atoms with Gasteiger partial charge in [-0.1, -0.05) is 29.3 Å². The maximum atomic E-state index is 6.34. The predicted octanol–water partition coefficient (Wildman–Crippen LogP) is 1.55. The number of hydrogen-bond acceptors (Lipinski definition) is 3. The molecule has 1 fully saturated rings. The van der Waals surface area contributed by atoms with Crippen molar-refractivity contribution in [3.8, 4) is 0 Å². The third-order valence-corrected chi connectivity index (χ3v) is 3.72. The molecule has 0 amide bonds. The van der Waals surface area contributed by atoms with Gasteiger partial charge >= 0.3 is 0 Å². The molecule has 0 radical (unpaired) electrons. The van der Waals surface area contributed by atoms with Crippen LogP contribution < -0.4 is 5.73 Å². The zero-order chi connectivity index (χ0) is 13.1. The maximum absolute atomic E-state index is 6.34. The van der Waals surface area contributed by atoms with Crippen molar-refractivity contribution in [2.45, 2.75) is 19.9 Å². The first kappa shape index (κ1) is 13.5. The lowest BCUT2D eigenvalue weighted by molar-refractivity contribution is 0.147. The van der Waals surface area contributed by atoms with Crippen LogP contribution in [0.25, 0.3) is 0 Å². The smallest absolute Gasteiger partial charge is 0.0424 e. The van der Waals surface area contributed by atoms with E-state index in [2.05, 4.69) is 48.9 Å². The van der Waals surface area contributed by atoms with Gasteiger partial charge in [0.15, 0.2) is 0 Å². The van der Waals surface area contributed by atoms with Gasteiger partial charge in [0.25, 0.3) is 0 Å². The Labute approximate surface area is 111 Å². The SMILES string of the molecule is Cc1cc(C)cc(C(N)CN2CCN(C)CC2)c1. The highest BCUT2D eigenvalue weighted by molar-refractivity contribution is 5.30. The fourth-order valence-electron chi connectivity index (χ4n) is 2.64. The highest BCUT2D eigenvalue weighted by Crippen LogP contribution is 2.16. The topological polar surface area (TPSA) is 32.5 Å². The molecule has 18 heavy (non-hydrogen) atoms. The second-order valence-corrected chi connectivity index (χ2v) is 5.63. The second-order valence-electron chi connectivity index (χ2n) is 5.63. The van der Waals surface area contributed by atoms with Crippen molar-refractivity contribution in [1.29, 1.82) is 0 Å². The Kier molecular flexibility index (Phi) is 4.38. The van der Waals surface area contributed by atoms with Gasteiger partial charge in [-0.25, -0.2) is 0 Å². The Hall–Kier alpha value is -0.900. The van der Waals surface area contributed by atoms with Crippen molar-refractivity contribution < 1.29 is 0 Å². The van der Waals surface area contributed by atoms with Gasteiger partial charge in [-0.2, -0.15) is 0 Å². The number of nitrogens with two attached hydrogens (primary N) is 1. The fraction of sp³-hybridized carbons (Fsp3) is 0.600. The molecule has 100 valence electrons. The van der Waals surface area contributed by atoms with Crippen LogP contribution in [0.2, 0.25) is 0 Å². The summed E-state index contributed by atoms with van der Waals surface area (Å²) in [7, 11) is 2.18. The minimum atomic E-state index is 0.131. The third kappa shape index (κ3) is 3.55. The van der Waals surface area contributed by atoms with Gasteiger partial charge in [-0.15, -0.1) is 0 Å². The van der Waals surface area contributed by atoms with Crippen molar-refractivity contribution >= 4 is 0 Å². The van der Waals surface area contributed by atoms with Crippen LogP contribution in [0.5, 0.6) is 0 Å². The summed E-state index contributed by atoms with van der Waals surface area (Å²) in [6.07, 6.45) is 0. The Balaban J connectivity index is 1.96. The Bertz CT molecular complexity index is 374. The molecule has 3 heteroatoms. The van der Waals surface area contributed by atoms with E-state index >= 15 is 0 Å². The normalized spacial score (nSPS) is 20.0. The zero-order valence-electron chi connectivity index (χ0n) is 11.8. The molecule has 1 heterocycles. The summed E-state index contributed by atoms with van der Waals surface area (Å²) in [4.78, 5) is 4.85. The quantitative estimate of drug-likeness (QED) is 0.879. The van der Waals surface area contributed by atoms with Crippen molar-refractivity contribution in [2.75, 3.05) is 39.8 Å². The van der Waals surface area contributed by atoms with Gasteiger partial charge in [-0.3, -0.25) is 4.90 Å². The lowest BCUT2D eigenvalue weighted by Gasteiger charge is -2.34. The van der Waals surface area contributed by atoms with Crippen LogP contribution in [0.15, 0.2) is 18.2 Å². The molecule has 0 spiro atoms. The van der Waals surface area contributed by atoms with E-state index in [1.807, 2.05) is 0 Å². The number of benzene rings is 1. The lowest BCUT2D eigenvalue weighted by atomic mass is 10.0. The molecule has 0 saturated carbocycles. The van der Waals surface area contributed by atoms with Crippen molar-refractivity contribution in [1.82, 2.24) is 9.80 Å². The van der Waals surface area contributed by atoms with E-state index in [-0.39, 0.29) is 6.04 Å². The average Bonchev–Trinajstić information content (AvgIpc) is 2.31. The number of nitrogens with zero attached hydrogens (tertiary/aromatic N) is 2. The Morgan fingerprint density at radius 1 is 1.06 bits per heavy atom. The van der Waals surface area contributed by atoms with Gasteiger partial charge in [0.05, 0.1) is 0 Å². The molecule has 1 aliphatic heterocycles. The molecule has 2 N–H and O–H groups in total. The first-order chi connectivity index (χ1) is 8.54. The van der Waals surface area contributed by atoms with E-state index in [1.54, 1.807) is 0 Å². The highest BCUT2D eigenvalue weighted by atomic mass is 15.2. The number of hydrogen-bond donors (Lipinski definition) is 1. The zero-order valence-corrected chi connectivity index (χ0v) is 11.8. The second kappa shape index (κ2) is 5.83. The van der Waals surface area contributed by atoms with Crippen LogP contribution in [0.4, 0.5) is 0 Å². The van der Waals surface area contributed by atoms with E-state index in [0.29, 0.717) is 0 Å². The lowest BCUT2D eigenvalue weighted by Crippen LogP contribution is -2.46. The molecular formula is C15H25N3. The summed E-state index contributed by atoms with van der Waals surface area (Å²) >= 11 is 0. The molecule has 0 aromatic heterocycles. The first-order valence-corrected chi connectivity index (χ1v) is 6.79. The Morgan fingerprint density at radius 3 is 2.17 bits per heavy atom. The summed E-state index contributed by atoms with van der Waals surface area (Å²) in [6, 6.07) is 6.76. The monoisotopic (exact) mass is 247 g/mol. The number of piperazine rings is 1. The number of rotatable bonds is 3. The summed E-state index contributed by atoms with van der Waals surface area (Å²) < 4.78 is 0. The van der Waals surface area contributed by atoms with E-state index in [9.17, 15) is 0 Å². The van der Waals surface area contributed by atoms with Gasteiger partial charge in [0.1, 0.15) is 0 Å². The molecule has 3 nitrogen and oxygen atoms in total. The summed E-state index contributed by atoms with van der Waals surface area (Å²) in [6.45, 7) is 9.82. The molecule has 2 rings (SSSR count). The first-order valence-electron chi connectivity index (χ1n) is 6.79. The molecule has 1 aromatic rings. The molecule has 0 bridgehead atoms. The van der Waals surface area contributed by atoms with Crippen LogP contribution >= 0.6 is 0 Å². The molecular weight excluding hydrogens is 222 g/mol. The van der Waals surface area contributed by atoms with Crippen LogP contribution in [0.3, 0.4) is 0 Å². The fourth-order valence-corrected chi connectivity index (χ4v) is 2.64. The Morgan fingerprint density at radius 2 is 1.61 bits per heavy atom. The molecule has 1 aliphatic rings. The van der Waals surface area contributed by atoms with Crippen LogP contribution in [0, 0.1) is 13.8 Å². The summed E-state index contributed by atoms with van der Waals surface area (Å²) in [5, 5.41) is 0. The van der Waals surface area contributed by atoms with Crippen LogP contribution in [-0.2, 0) is 0 Å². The molecule has 1 saturated heterocycles. The summed E-state index contributed by atoms with van der Waals surface area (Å²) in [5.74, 6) is 0. The highest BCUT2D eigenvalue weighted by Gasteiger charge is 2.17. The summed E-state index contributed by atoms with van der Waals surface area (Å²) in [5.41, 5.74) is 10.2.